The van der Waals surface area contributed by atoms with E-state index in [9.17, 15) is 13.6 Å². The van der Waals surface area contributed by atoms with E-state index in [1.165, 1.54) is 19.2 Å². The summed E-state index contributed by atoms with van der Waals surface area (Å²) in [5, 5.41) is 5.67. The van der Waals surface area contributed by atoms with E-state index in [0.717, 1.165) is 6.07 Å². The minimum absolute atomic E-state index is 0.00835. The topological polar surface area (TPSA) is 119 Å². The molecule has 2 aromatic rings. The van der Waals surface area contributed by atoms with Gasteiger partial charge in [-0.05, 0) is 26.3 Å². The highest BCUT2D eigenvalue weighted by atomic mass is 19.1. The van der Waals surface area contributed by atoms with Crippen molar-refractivity contribution in [1.29, 1.82) is 0 Å². The number of nitrogens with zero attached hydrogens (tertiary/aromatic N) is 2. The highest BCUT2D eigenvalue weighted by Gasteiger charge is 2.19. The van der Waals surface area contributed by atoms with Gasteiger partial charge in [0.25, 0.3) is 5.91 Å². The van der Waals surface area contributed by atoms with Crippen molar-refractivity contribution in [3.63, 3.8) is 0 Å². The quantitative estimate of drug-likeness (QED) is 0.599. The Hall–Kier alpha value is -2.81. The Bertz CT molecular complexity index is 812. The summed E-state index contributed by atoms with van der Waals surface area (Å²) in [6, 6.07) is 1.71. The van der Waals surface area contributed by atoms with Gasteiger partial charge in [-0.2, -0.15) is 0 Å². The van der Waals surface area contributed by atoms with E-state index in [1.807, 2.05) is 6.92 Å². The lowest BCUT2D eigenvalue weighted by Gasteiger charge is -2.22. The Morgan fingerprint density at radius 2 is 1.96 bits per heavy atom. The second-order valence-electron chi connectivity index (χ2n) is 6.01. The molecule has 0 spiro atoms. The van der Waals surface area contributed by atoms with Crippen LogP contribution in [0.4, 0.5) is 26.1 Å². The standard InChI is InChI=1S/C17H22F2N6O/c1-4-14(8(2)20)24-17-13(19)6-11(15(21)26)16(25-17)23-10-5-12(18)9(3)22-7-10/h5-8,14H,4,20H2,1-3H3,(H2,21,26)(H2,23,24,25)/t8-,14+/m0/s1. The van der Waals surface area contributed by atoms with Crippen LogP contribution in [0.5, 0.6) is 0 Å². The van der Waals surface area contributed by atoms with Gasteiger partial charge in [0.2, 0.25) is 0 Å². The van der Waals surface area contributed by atoms with E-state index in [0.29, 0.717) is 6.42 Å². The number of hydrogen-bond acceptors (Lipinski definition) is 6. The summed E-state index contributed by atoms with van der Waals surface area (Å²) in [4.78, 5) is 19.6. The van der Waals surface area contributed by atoms with Crippen LogP contribution in [0.2, 0.25) is 0 Å². The predicted molar refractivity (Wildman–Crippen MR) is 96.3 cm³/mol. The first kappa shape index (κ1) is 19.5. The highest BCUT2D eigenvalue weighted by molar-refractivity contribution is 5.98. The molecule has 26 heavy (non-hydrogen) atoms. The molecule has 0 unspecified atom stereocenters. The molecule has 2 atom stereocenters. The second kappa shape index (κ2) is 8.05. The van der Waals surface area contributed by atoms with Crippen molar-refractivity contribution < 1.29 is 13.6 Å². The number of amides is 1. The number of anilines is 3. The van der Waals surface area contributed by atoms with Gasteiger partial charge in [-0.15, -0.1) is 0 Å². The number of nitrogens with one attached hydrogen (secondary N) is 2. The molecule has 0 aliphatic rings. The number of pyridine rings is 2. The summed E-state index contributed by atoms with van der Waals surface area (Å²) in [5.41, 5.74) is 11.5. The smallest absolute Gasteiger partial charge is 0.252 e. The van der Waals surface area contributed by atoms with Crippen molar-refractivity contribution in [2.45, 2.75) is 39.3 Å². The number of primary amides is 1. The van der Waals surface area contributed by atoms with E-state index in [2.05, 4.69) is 20.6 Å². The van der Waals surface area contributed by atoms with E-state index in [1.54, 1.807) is 6.92 Å². The summed E-state index contributed by atoms with van der Waals surface area (Å²) in [7, 11) is 0. The average molecular weight is 364 g/mol. The third-order valence-corrected chi connectivity index (χ3v) is 3.93. The van der Waals surface area contributed by atoms with Crippen LogP contribution in [-0.4, -0.2) is 28.0 Å². The Morgan fingerprint density at radius 3 is 2.50 bits per heavy atom. The first-order chi connectivity index (χ1) is 12.2. The van der Waals surface area contributed by atoms with Crippen molar-refractivity contribution in [1.82, 2.24) is 9.97 Å². The molecular formula is C17H22F2N6O. The Balaban J connectivity index is 2.43. The highest BCUT2D eigenvalue weighted by Crippen LogP contribution is 2.25. The Kier molecular flexibility index (Phi) is 6.04. The maximum atomic E-state index is 14.3. The number of aromatic nitrogens is 2. The van der Waals surface area contributed by atoms with Crippen LogP contribution < -0.4 is 22.1 Å². The number of carbonyl (C=O) groups excluding carboxylic acids is 1. The summed E-state index contributed by atoms with van der Waals surface area (Å²) in [6.07, 6.45) is 2.02. The number of hydrogen-bond donors (Lipinski definition) is 4. The molecule has 0 radical (unpaired) electrons. The summed E-state index contributed by atoms with van der Waals surface area (Å²) in [5.74, 6) is -2.23. The molecule has 2 heterocycles. The first-order valence-corrected chi connectivity index (χ1v) is 8.14. The van der Waals surface area contributed by atoms with Crippen LogP contribution >= 0.6 is 0 Å². The van der Waals surface area contributed by atoms with Crippen LogP contribution in [0, 0.1) is 18.6 Å². The fourth-order valence-corrected chi connectivity index (χ4v) is 2.37. The minimum atomic E-state index is -0.870. The van der Waals surface area contributed by atoms with E-state index >= 15 is 0 Å². The predicted octanol–water partition coefficient (Wildman–Crippen LogP) is 2.44. The summed E-state index contributed by atoms with van der Waals surface area (Å²) >= 11 is 0. The molecule has 2 aromatic heterocycles. The van der Waals surface area contributed by atoms with Gasteiger partial charge >= 0.3 is 0 Å². The lowest BCUT2D eigenvalue weighted by Crippen LogP contribution is -2.38. The molecule has 1 amide bonds. The molecule has 9 heteroatoms. The van der Waals surface area contributed by atoms with E-state index in [4.69, 9.17) is 11.5 Å². The zero-order valence-electron chi connectivity index (χ0n) is 14.8. The van der Waals surface area contributed by atoms with Gasteiger partial charge in [-0.3, -0.25) is 9.78 Å². The van der Waals surface area contributed by atoms with Gasteiger partial charge in [-0.25, -0.2) is 13.8 Å². The van der Waals surface area contributed by atoms with Crippen molar-refractivity contribution in [2.24, 2.45) is 11.5 Å². The largest absolute Gasteiger partial charge is 0.365 e. The molecule has 7 nitrogen and oxygen atoms in total. The Morgan fingerprint density at radius 1 is 1.27 bits per heavy atom. The van der Waals surface area contributed by atoms with Crippen molar-refractivity contribution in [3.8, 4) is 0 Å². The lowest BCUT2D eigenvalue weighted by molar-refractivity contribution is 0.100. The molecular weight excluding hydrogens is 342 g/mol. The van der Waals surface area contributed by atoms with E-state index in [-0.39, 0.29) is 40.7 Å². The second-order valence-corrected chi connectivity index (χ2v) is 6.01. The van der Waals surface area contributed by atoms with Crippen LogP contribution in [0.3, 0.4) is 0 Å². The lowest BCUT2D eigenvalue weighted by atomic mass is 10.1. The zero-order valence-corrected chi connectivity index (χ0v) is 14.8. The number of nitrogens with two attached hydrogens (primary N) is 2. The number of carbonyl (C=O) groups is 1. The third kappa shape index (κ3) is 4.42. The van der Waals surface area contributed by atoms with Crippen LogP contribution in [-0.2, 0) is 0 Å². The summed E-state index contributed by atoms with van der Waals surface area (Å²) in [6.45, 7) is 5.21. The fourth-order valence-electron chi connectivity index (χ4n) is 2.37. The van der Waals surface area contributed by atoms with Gasteiger partial charge in [0, 0.05) is 18.2 Å². The Labute approximate surface area is 150 Å². The third-order valence-electron chi connectivity index (χ3n) is 3.93. The molecule has 2 rings (SSSR count). The molecule has 0 aromatic carbocycles. The van der Waals surface area contributed by atoms with Gasteiger partial charge in [0.15, 0.2) is 11.6 Å². The normalized spacial score (nSPS) is 13.2. The fraction of sp³-hybridized carbons (Fsp3) is 0.353. The SMILES string of the molecule is CC[C@@H](Nc1nc(Nc2cnc(C)c(F)c2)c(C(N)=O)cc1F)[C@H](C)N. The van der Waals surface area contributed by atoms with Crippen molar-refractivity contribution in [2.75, 3.05) is 10.6 Å². The van der Waals surface area contributed by atoms with Crippen molar-refractivity contribution in [3.05, 3.63) is 41.2 Å². The monoisotopic (exact) mass is 364 g/mol. The van der Waals surface area contributed by atoms with Crippen LogP contribution in [0.25, 0.3) is 0 Å². The van der Waals surface area contributed by atoms with Crippen LogP contribution in [0.15, 0.2) is 18.3 Å². The maximum absolute atomic E-state index is 14.3. The summed E-state index contributed by atoms with van der Waals surface area (Å²) < 4.78 is 28.0. The zero-order chi connectivity index (χ0) is 19.4. The first-order valence-electron chi connectivity index (χ1n) is 8.14. The molecule has 0 aliphatic heterocycles. The molecule has 0 fully saturated rings. The molecule has 140 valence electrons. The number of halogens is 2. The number of aryl methyl sites for hydroxylation is 1. The maximum Gasteiger partial charge on any atom is 0.252 e. The van der Waals surface area contributed by atoms with Gasteiger partial charge in [-0.1, -0.05) is 6.92 Å². The molecule has 0 bridgehead atoms. The van der Waals surface area contributed by atoms with Gasteiger partial charge in [0.1, 0.15) is 11.6 Å². The van der Waals surface area contributed by atoms with Crippen molar-refractivity contribution >= 4 is 23.2 Å². The molecule has 0 aliphatic carbocycles. The van der Waals surface area contributed by atoms with Crippen LogP contribution in [0.1, 0.15) is 36.3 Å². The molecule has 6 N–H and O–H groups in total. The van der Waals surface area contributed by atoms with Gasteiger partial charge in [0.05, 0.1) is 23.1 Å². The molecule has 0 saturated heterocycles. The number of rotatable bonds is 7. The molecule has 0 saturated carbocycles. The van der Waals surface area contributed by atoms with Gasteiger partial charge < -0.3 is 22.1 Å². The minimum Gasteiger partial charge on any atom is -0.365 e. The van der Waals surface area contributed by atoms with E-state index < -0.39 is 17.5 Å². The average Bonchev–Trinajstić information content (AvgIpc) is 2.57.